The monoisotopic (exact) mass is 350 g/mol. The normalized spacial score (nSPS) is 15.7. The highest BCUT2D eigenvalue weighted by atomic mass is 32.1. The van der Waals surface area contributed by atoms with Gasteiger partial charge in [0, 0.05) is 46.1 Å². The zero-order valence-electron chi connectivity index (χ0n) is 12.5. The minimum Gasteiger partial charge on any atom is -0.361 e. The van der Waals surface area contributed by atoms with Crippen LogP contribution in [-0.2, 0) is 15.8 Å². The third-order valence-electron chi connectivity index (χ3n) is 3.48. The summed E-state index contributed by atoms with van der Waals surface area (Å²) in [5, 5.41) is 2.87. The van der Waals surface area contributed by atoms with Crippen LogP contribution in [0, 0.1) is 0 Å². The molecule has 0 unspecified atom stereocenters. The van der Waals surface area contributed by atoms with Crippen LogP contribution in [0.15, 0.2) is 6.20 Å². The van der Waals surface area contributed by atoms with E-state index in [4.69, 9.17) is 0 Å². The van der Waals surface area contributed by atoms with Crippen LogP contribution >= 0.6 is 11.3 Å². The van der Waals surface area contributed by atoms with Crippen molar-refractivity contribution in [1.82, 2.24) is 14.8 Å². The fraction of sp³-hybridized carbons (Fsp3) is 0.615. The summed E-state index contributed by atoms with van der Waals surface area (Å²) < 4.78 is 37.3. The zero-order valence-corrected chi connectivity index (χ0v) is 13.3. The van der Waals surface area contributed by atoms with E-state index in [1.165, 1.54) is 6.92 Å². The number of hydrogen-bond acceptors (Lipinski definition) is 5. The maximum Gasteiger partial charge on any atom is 0.427 e. The van der Waals surface area contributed by atoms with Gasteiger partial charge in [-0.05, 0) is 0 Å². The first-order chi connectivity index (χ1) is 10.8. The maximum absolute atomic E-state index is 12.4. The summed E-state index contributed by atoms with van der Waals surface area (Å²) in [7, 11) is 0. The van der Waals surface area contributed by atoms with Gasteiger partial charge in [0.05, 0.1) is 6.20 Å². The van der Waals surface area contributed by atoms with Gasteiger partial charge in [0.15, 0.2) is 5.13 Å². The highest BCUT2D eigenvalue weighted by Crippen LogP contribution is 2.34. The smallest absolute Gasteiger partial charge is 0.361 e. The van der Waals surface area contributed by atoms with Gasteiger partial charge in [-0.15, -0.1) is 0 Å². The molecule has 2 heterocycles. The van der Waals surface area contributed by atoms with Crippen LogP contribution in [0.1, 0.15) is 18.2 Å². The first-order valence-electron chi connectivity index (χ1n) is 7.07. The Labute approximate surface area is 135 Å². The highest BCUT2D eigenvalue weighted by molar-refractivity contribution is 7.15. The molecule has 0 saturated carbocycles. The van der Waals surface area contributed by atoms with Gasteiger partial charge in [-0.3, -0.25) is 9.59 Å². The minimum atomic E-state index is -4.40. The molecular formula is C13H17F3N4O2S. The summed E-state index contributed by atoms with van der Waals surface area (Å²) in [6.45, 7) is 3.69. The van der Waals surface area contributed by atoms with Crippen molar-refractivity contribution in [3.05, 3.63) is 11.1 Å². The Bertz CT molecular complexity index is 568. The molecule has 0 radical (unpaired) electrons. The van der Waals surface area contributed by atoms with Crippen LogP contribution in [0.4, 0.5) is 18.3 Å². The topological polar surface area (TPSA) is 65.5 Å². The van der Waals surface area contributed by atoms with Crippen LogP contribution < -0.4 is 5.32 Å². The molecule has 1 aromatic heterocycles. The van der Waals surface area contributed by atoms with Crippen molar-refractivity contribution >= 4 is 28.3 Å². The van der Waals surface area contributed by atoms with E-state index < -0.39 is 11.1 Å². The average Bonchev–Trinajstić information content (AvgIpc) is 2.96. The molecule has 0 bridgehead atoms. The Kier molecular flexibility index (Phi) is 5.45. The number of amides is 2. The molecule has 1 aliphatic heterocycles. The zero-order chi connectivity index (χ0) is 17.0. The molecule has 128 valence electrons. The van der Waals surface area contributed by atoms with Crippen molar-refractivity contribution in [2.75, 3.05) is 38.0 Å². The van der Waals surface area contributed by atoms with Gasteiger partial charge in [0.2, 0.25) is 11.8 Å². The first-order valence-corrected chi connectivity index (χ1v) is 7.89. The van der Waals surface area contributed by atoms with E-state index in [0.717, 1.165) is 6.20 Å². The second kappa shape index (κ2) is 7.16. The first kappa shape index (κ1) is 17.5. The molecule has 1 fully saturated rings. The van der Waals surface area contributed by atoms with E-state index in [-0.39, 0.29) is 29.9 Å². The maximum atomic E-state index is 12.4. The van der Waals surface area contributed by atoms with Crippen LogP contribution in [0.2, 0.25) is 0 Å². The number of carbonyl (C=O) groups is 2. The summed E-state index contributed by atoms with van der Waals surface area (Å²) in [6, 6.07) is 0. The molecule has 1 aliphatic rings. The molecule has 0 atom stereocenters. The Balaban J connectivity index is 1.73. The summed E-state index contributed by atoms with van der Waals surface area (Å²) in [4.78, 5) is 29.4. The lowest BCUT2D eigenvalue weighted by Crippen LogP contribution is -2.50. The molecule has 1 N–H and O–H groups in total. The van der Waals surface area contributed by atoms with E-state index >= 15 is 0 Å². The summed E-state index contributed by atoms with van der Waals surface area (Å²) in [5.41, 5.74) is 0. The Hall–Kier alpha value is -1.84. The van der Waals surface area contributed by atoms with E-state index in [1.807, 2.05) is 0 Å². The molecule has 2 amide bonds. The molecule has 10 heteroatoms. The largest absolute Gasteiger partial charge is 0.427 e. The lowest BCUT2D eigenvalue weighted by atomic mass is 10.2. The molecule has 1 aromatic rings. The number of piperazine rings is 1. The summed E-state index contributed by atoms with van der Waals surface area (Å²) in [5.74, 6) is -0.101. The quantitative estimate of drug-likeness (QED) is 0.897. The summed E-state index contributed by atoms with van der Waals surface area (Å²) >= 11 is 0.514. The second-order valence-electron chi connectivity index (χ2n) is 5.09. The number of hydrogen-bond donors (Lipinski definition) is 1. The van der Waals surface area contributed by atoms with Crippen LogP contribution in [0.25, 0.3) is 0 Å². The standard InChI is InChI=1S/C13H17F3N4O2S/c1-9(21)19-4-6-20(7-5-19)11(22)2-3-17-12-18-8-10(23-12)13(14,15)16/h8H,2-7H2,1H3,(H,17,18). The van der Waals surface area contributed by atoms with Gasteiger partial charge in [0.1, 0.15) is 4.88 Å². The SMILES string of the molecule is CC(=O)N1CCN(C(=O)CCNc2ncc(C(F)(F)F)s2)CC1. The number of thiazole rings is 1. The van der Waals surface area contributed by atoms with E-state index in [0.29, 0.717) is 37.5 Å². The molecule has 2 rings (SSSR count). The second-order valence-corrected chi connectivity index (χ2v) is 6.12. The fourth-order valence-electron chi connectivity index (χ4n) is 2.19. The van der Waals surface area contributed by atoms with Crippen LogP contribution in [0.5, 0.6) is 0 Å². The highest BCUT2D eigenvalue weighted by Gasteiger charge is 2.33. The third-order valence-corrected chi connectivity index (χ3v) is 4.48. The number of rotatable bonds is 4. The third kappa shape index (κ3) is 4.81. The predicted molar refractivity (Wildman–Crippen MR) is 79.1 cm³/mol. The van der Waals surface area contributed by atoms with Crippen molar-refractivity contribution in [3.8, 4) is 0 Å². The lowest BCUT2D eigenvalue weighted by molar-refractivity contribution is -0.138. The van der Waals surface area contributed by atoms with Gasteiger partial charge in [-0.1, -0.05) is 11.3 Å². The minimum absolute atomic E-state index is 0.0111. The van der Waals surface area contributed by atoms with Gasteiger partial charge >= 0.3 is 6.18 Å². The van der Waals surface area contributed by atoms with Crippen molar-refractivity contribution in [2.24, 2.45) is 0 Å². The fourth-order valence-corrected chi connectivity index (χ4v) is 2.90. The number of nitrogens with one attached hydrogen (secondary N) is 1. The van der Waals surface area contributed by atoms with E-state index in [2.05, 4.69) is 10.3 Å². The number of carbonyl (C=O) groups excluding carboxylic acids is 2. The Morgan fingerprint density at radius 3 is 2.39 bits per heavy atom. The van der Waals surface area contributed by atoms with Gasteiger partial charge in [-0.25, -0.2) is 4.98 Å². The molecule has 6 nitrogen and oxygen atoms in total. The van der Waals surface area contributed by atoms with Crippen molar-refractivity contribution in [1.29, 1.82) is 0 Å². The number of halogens is 3. The number of alkyl halides is 3. The molecule has 0 aliphatic carbocycles. The Morgan fingerprint density at radius 1 is 1.26 bits per heavy atom. The lowest BCUT2D eigenvalue weighted by Gasteiger charge is -2.34. The molecule has 23 heavy (non-hydrogen) atoms. The van der Waals surface area contributed by atoms with Gasteiger partial charge < -0.3 is 15.1 Å². The average molecular weight is 350 g/mol. The molecule has 1 saturated heterocycles. The van der Waals surface area contributed by atoms with Crippen molar-refractivity contribution in [3.63, 3.8) is 0 Å². The van der Waals surface area contributed by atoms with Crippen molar-refractivity contribution in [2.45, 2.75) is 19.5 Å². The van der Waals surface area contributed by atoms with Gasteiger partial charge in [0.25, 0.3) is 0 Å². The molecular weight excluding hydrogens is 333 g/mol. The summed E-state index contributed by atoms with van der Waals surface area (Å²) in [6.07, 6.45) is -3.46. The predicted octanol–water partition coefficient (Wildman–Crippen LogP) is 1.65. The van der Waals surface area contributed by atoms with Crippen molar-refractivity contribution < 1.29 is 22.8 Å². The van der Waals surface area contributed by atoms with Crippen LogP contribution in [0.3, 0.4) is 0 Å². The number of anilines is 1. The molecule has 0 spiro atoms. The van der Waals surface area contributed by atoms with Gasteiger partial charge in [-0.2, -0.15) is 13.2 Å². The number of nitrogens with zero attached hydrogens (tertiary/aromatic N) is 3. The Morgan fingerprint density at radius 2 is 1.87 bits per heavy atom. The van der Waals surface area contributed by atoms with Crippen LogP contribution in [-0.4, -0.2) is 59.3 Å². The van der Waals surface area contributed by atoms with E-state index in [1.54, 1.807) is 9.80 Å². The number of aromatic nitrogens is 1. The van der Waals surface area contributed by atoms with E-state index in [9.17, 15) is 22.8 Å². The molecule has 0 aromatic carbocycles.